The maximum Gasteiger partial charge on any atom is 0.387 e. The van der Waals surface area contributed by atoms with Crippen LogP contribution in [-0.4, -0.2) is 6.61 Å². The lowest BCUT2D eigenvalue weighted by Crippen LogP contribution is -2.01. The molecule has 0 saturated heterocycles. The first kappa shape index (κ1) is 15.8. The highest BCUT2D eigenvalue weighted by atomic mass is 19.3. The Bertz CT molecular complexity index is 914. The third kappa shape index (κ3) is 3.02. The van der Waals surface area contributed by atoms with Crippen LogP contribution in [0.2, 0.25) is 0 Å². The van der Waals surface area contributed by atoms with Gasteiger partial charge >= 0.3 is 6.61 Å². The summed E-state index contributed by atoms with van der Waals surface area (Å²) in [5.41, 5.74) is 8.75. The normalized spacial score (nSPS) is 12.2. The van der Waals surface area contributed by atoms with Gasteiger partial charge in [0, 0.05) is 0 Å². The molecule has 0 fully saturated rings. The molecular weight excluding hydrogens is 318 g/mol. The van der Waals surface area contributed by atoms with Crippen LogP contribution < -0.4 is 4.74 Å². The fourth-order valence-corrected chi connectivity index (χ4v) is 3.49. The molecule has 0 spiro atoms. The molecule has 0 unspecified atom stereocenters. The van der Waals surface area contributed by atoms with Crippen molar-refractivity contribution in [2.45, 2.75) is 26.4 Å². The van der Waals surface area contributed by atoms with Gasteiger partial charge in [0.15, 0.2) is 0 Å². The molecule has 4 rings (SSSR count). The minimum atomic E-state index is -2.79. The van der Waals surface area contributed by atoms with Crippen LogP contribution in [0, 0.1) is 0 Å². The van der Waals surface area contributed by atoms with E-state index in [4.69, 9.17) is 0 Å². The molecule has 1 aliphatic carbocycles. The number of rotatable bonds is 4. The third-order valence-corrected chi connectivity index (χ3v) is 4.77. The highest BCUT2D eigenvalue weighted by molar-refractivity contribution is 5.80. The van der Waals surface area contributed by atoms with Gasteiger partial charge in [-0.2, -0.15) is 8.78 Å². The van der Waals surface area contributed by atoms with E-state index in [0.29, 0.717) is 0 Å². The van der Waals surface area contributed by atoms with Crippen molar-refractivity contribution in [1.29, 1.82) is 0 Å². The molecule has 0 aliphatic heterocycles. The summed E-state index contributed by atoms with van der Waals surface area (Å²) < 4.78 is 28.9. The van der Waals surface area contributed by atoms with Gasteiger partial charge in [0.05, 0.1) is 0 Å². The minimum Gasteiger partial charge on any atom is -0.435 e. The maximum absolute atomic E-state index is 12.3. The van der Waals surface area contributed by atoms with Crippen LogP contribution in [0.25, 0.3) is 22.3 Å². The van der Waals surface area contributed by atoms with E-state index in [1.807, 2.05) is 12.1 Å². The number of alkyl halides is 2. The van der Waals surface area contributed by atoms with Crippen LogP contribution in [0.3, 0.4) is 0 Å². The van der Waals surface area contributed by atoms with Gasteiger partial charge < -0.3 is 4.74 Å². The standard InChI is InChI=1S/C22H18F2O/c1-2-14-3-9-20-17(11-14)13-18-12-16(6-10-21(18)20)15-4-7-19(8-5-15)25-22(23)24/h3-12,22H,2,13H2,1H3. The molecule has 0 N–H and O–H groups in total. The monoisotopic (exact) mass is 336 g/mol. The molecule has 0 aromatic heterocycles. The Morgan fingerprint density at radius 3 is 2.16 bits per heavy atom. The van der Waals surface area contributed by atoms with Crippen molar-refractivity contribution >= 4 is 0 Å². The van der Waals surface area contributed by atoms with E-state index in [0.717, 1.165) is 24.0 Å². The summed E-state index contributed by atoms with van der Waals surface area (Å²) in [5, 5.41) is 0. The topological polar surface area (TPSA) is 9.23 Å². The predicted molar refractivity (Wildman–Crippen MR) is 96.1 cm³/mol. The van der Waals surface area contributed by atoms with Crippen LogP contribution in [0.4, 0.5) is 8.78 Å². The van der Waals surface area contributed by atoms with Gasteiger partial charge in [0.25, 0.3) is 0 Å². The Morgan fingerprint density at radius 1 is 0.840 bits per heavy atom. The smallest absolute Gasteiger partial charge is 0.387 e. The first-order valence-electron chi connectivity index (χ1n) is 8.44. The van der Waals surface area contributed by atoms with E-state index in [1.54, 1.807) is 12.1 Å². The van der Waals surface area contributed by atoms with Gasteiger partial charge in [-0.05, 0) is 63.9 Å². The summed E-state index contributed by atoms with van der Waals surface area (Å²) in [6.07, 6.45) is 1.99. The third-order valence-electron chi connectivity index (χ3n) is 4.77. The SMILES string of the molecule is CCc1ccc2c(c1)Cc1cc(-c3ccc(OC(F)F)cc3)ccc1-2. The quantitative estimate of drug-likeness (QED) is 0.438. The second-order valence-corrected chi connectivity index (χ2v) is 6.30. The second kappa shape index (κ2) is 6.32. The van der Waals surface area contributed by atoms with E-state index >= 15 is 0 Å². The van der Waals surface area contributed by atoms with Gasteiger partial charge in [0.1, 0.15) is 5.75 Å². The van der Waals surface area contributed by atoms with Crippen molar-refractivity contribution in [3.63, 3.8) is 0 Å². The average molecular weight is 336 g/mol. The molecule has 0 atom stereocenters. The zero-order valence-electron chi connectivity index (χ0n) is 13.9. The number of hydrogen-bond acceptors (Lipinski definition) is 1. The summed E-state index contributed by atoms with van der Waals surface area (Å²) in [4.78, 5) is 0. The van der Waals surface area contributed by atoms with E-state index < -0.39 is 6.61 Å². The summed E-state index contributed by atoms with van der Waals surface area (Å²) in [6.45, 7) is -0.624. The number of halogens is 2. The molecule has 126 valence electrons. The highest BCUT2D eigenvalue weighted by Crippen LogP contribution is 2.39. The fourth-order valence-electron chi connectivity index (χ4n) is 3.49. The zero-order chi connectivity index (χ0) is 17.4. The molecule has 3 aromatic rings. The van der Waals surface area contributed by atoms with Crippen molar-refractivity contribution in [3.05, 3.63) is 77.4 Å². The summed E-state index contributed by atoms with van der Waals surface area (Å²) >= 11 is 0. The van der Waals surface area contributed by atoms with E-state index in [1.165, 1.54) is 27.8 Å². The summed E-state index contributed by atoms with van der Waals surface area (Å²) in [7, 11) is 0. The van der Waals surface area contributed by atoms with Crippen molar-refractivity contribution in [1.82, 2.24) is 0 Å². The van der Waals surface area contributed by atoms with Crippen molar-refractivity contribution < 1.29 is 13.5 Å². The van der Waals surface area contributed by atoms with Crippen molar-refractivity contribution in [3.8, 4) is 28.0 Å². The molecule has 25 heavy (non-hydrogen) atoms. The van der Waals surface area contributed by atoms with Crippen LogP contribution in [0.15, 0.2) is 60.7 Å². The number of aryl methyl sites for hydroxylation is 1. The van der Waals surface area contributed by atoms with Gasteiger partial charge in [0.2, 0.25) is 0 Å². The maximum atomic E-state index is 12.3. The molecule has 1 nitrogen and oxygen atoms in total. The Morgan fingerprint density at radius 2 is 1.48 bits per heavy atom. The van der Waals surface area contributed by atoms with Crippen LogP contribution >= 0.6 is 0 Å². The first-order chi connectivity index (χ1) is 12.1. The van der Waals surface area contributed by atoms with Crippen molar-refractivity contribution in [2.24, 2.45) is 0 Å². The van der Waals surface area contributed by atoms with Crippen LogP contribution in [-0.2, 0) is 12.8 Å². The number of hydrogen-bond donors (Lipinski definition) is 0. The molecule has 1 aliphatic rings. The second-order valence-electron chi connectivity index (χ2n) is 6.30. The molecule has 3 aromatic carbocycles. The fraction of sp³-hybridized carbons (Fsp3) is 0.182. The molecule has 0 amide bonds. The minimum absolute atomic E-state index is 0.180. The first-order valence-corrected chi connectivity index (χ1v) is 8.44. The number of ether oxygens (including phenoxy) is 1. The molecule has 0 bridgehead atoms. The van der Waals surface area contributed by atoms with Gasteiger partial charge in [-0.1, -0.05) is 55.5 Å². The number of benzene rings is 3. The molecule has 0 heterocycles. The largest absolute Gasteiger partial charge is 0.435 e. The molecule has 3 heteroatoms. The Hall–Kier alpha value is -2.68. The Balaban J connectivity index is 1.64. The summed E-state index contributed by atoms with van der Waals surface area (Å²) in [6, 6.07) is 20.0. The van der Waals surface area contributed by atoms with E-state index in [9.17, 15) is 8.78 Å². The summed E-state index contributed by atoms with van der Waals surface area (Å²) in [5.74, 6) is 0.180. The van der Waals surface area contributed by atoms with Gasteiger partial charge in [-0.15, -0.1) is 0 Å². The highest BCUT2D eigenvalue weighted by Gasteiger charge is 2.19. The average Bonchev–Trinajstić information content (AvgIpc) is 2.98. The lowest BCUT2D eigenvalue weighted by molar-refractivity contribution is -0.0498. The molecular formula is C22H18F2O. The molecule has 0 radical (unpaired) electrons. The number of fused-ring (bicyclic) bond motifs is 3. The lowest BCUT2D eigenvalue weighted by Gasteiger charge is -2.08. The Labute approximate surface area is 145 Å². The Kier molecular flexibility index (Phi) is 4.00. The van der Waals surface area contributed by atoms with Gasteiger partial charge in [-0.3, -0.25) is 0 Å². The predicted octanol–water partition coefficient (Wildman–Crippen LogP) is 6.09. The van der Waals surface area contributed by atoms with E-state index in [2.05, 4.69) is 48.1 Å². The van der Waals surface area contributed by atoms with Crippen molar-refractivity contribution in [2.75, 3.05) is 0 Å². The zero-order valence-corrected chi connectivity index (χ0v) is 13.9. The lowest BCUT2D eigenvalue weighted by atomic mass is 9.99. The molecule has 0 saturated carbocycles. The van der Waals surface area contributed by atoms with E-state index in [-0.39, 0.29) is 5.75 Å². The van der Waals surface area contributed by atoms with Crippen LogP contribution in [0.5, 0.6) is 5.75 Å². The van der Waals surface area contributed by atoms with Crippen LogP contribution in [0.1, 0.15) is 23.6 Å². The van der Waals surface area contributed by atoms with Gasteiger partial charge in [-0.25, -0.2) is 0 Å².